The van der Waals surface area contributed by atoms with Crippen LogP contribution in [0.1, 0.15) is 38.5 Å². The Morgan fingerprint density at radius 3 is 2.53 bits per heavy atom. The van der Waals surface area contributed by atoms with Crippen LogP contribution in [0.25, 0.3) is 0 Å². The number of amides is 1. The fourth-order valence-corrected chi connectivity index (χ4v) is 3.35. The maximum atomic E-state index is 12.4. The van der Waals surface area contributed by atoms with Crippen LogP contribution >= 0.6 is 0 Å². The molecule has 0 radical (unpaired) electrons. The average Bonchev–Trinajstić information content (AvgIpc) is 2.87. The monoisotopic (exact) mass is 267 g/mol. The van der Waals surface area contributed by atoms with Crippen molar-refractivity contribution < 1.29 is 19.1 Å². The molecule has 3 rings (SSSR count). The van der Waals surface area contributed by atoms with Crippen molar-refractivity contribution in [3.63, 3.8) is 0 Å². The van der Waals surface area contributed by atoms with Crippen molar-refractivity contribution >= 4 is 11.7 Å². The highest BCUT2D eigenvalue weighted by Gasteiger charge is 2.41. The number of rotatable bonds is 1. The molecule has 1 saturated carbocycles. The van der Waals surface area contributed by atoms with E-state index in [4.69, 9.17) is 9.47 Å². The Bertz CT molecular complexity index is 366. The Labute approximate surface area is 113 Å². The molecule has 1 spiro atoms. The summed E-state index contributed by atoms with van der Waals surface area (Å²) in [5.74, 6) is -0.124. The summed E-state index contributed by atoms with van der Waals surface area (Å²) in [5.41, 5.74) is 0. The highest BCUT2D eigenvalue weighted by Crippen LogP contribution is 2.32. The summed E-state index contributed by atoms with van der Waals surface area (Å²) in [7, 11) is 0. The molecule has 3 fully saturated rings. The molecule has 2 heterocycles. The largest absolute Gasteiger partial charge is 0.347 e. The van der Waals surface area contributed by atoms with Crippen LogP contribution in [-0.2, 0) is 19.1 Å². The molecular formula is C14H21NO4. The molecule has 3 aliphatic rings. The molecule has 2 saturated heterocycles. The molecule has 1 aliphatic carbocycles. The zero-order valence-electron chi connectivity index (χ0n) is 11.2. The molecule has 0 N–H and O–H groups in total. The minimum absolute atomic E-state index is 0.0827. The van der Waals surface area contributed by atoms with Gasteiger partial charge in [-0.25, -0.2) is 0 Å². The molecule has 19 heavy (non-hydrogen) atoms. The van der Waals surface area contributed by atoms with E-state index in [-0.39, 0.29) is 17.6 Å². The van der Waals surface area contributed by atoms with Gasteiger partial charge in [0.05, 0.1) is 13.2 Å². The standard InChI is InChI=1S/C14H21NO4/c16-12-3-1-2-11(10-12)13(17)15-6-4-14(5-7-15)18-8-9-19-14/h11H,1-10H2/t11-/m1/s1. The molecule has 5 heteroatoms. The van der Waals surface area contributed by atoms with Crippen LogP contribution in [-0.4, -0.2) is 48.7 Å². The fraction of sp³-hybridized carbons (Fsp3) is 0.857. The van der Waals surface area contributed by atoms with Crippen molar-refractivity contribution in [3.8, 4) is 0 Å². The van der Waals surface area contributed by atoms with Gasteiger partial charge in [-0.2, -0.15) is 0 Å². The summed E-state index contributed by atoms with van der Waals surface area (Å²) in [4.78, 5) is 25.7. The predicted molar refractivity (Wildman–Crippen MR) is 67.4 cm³/mol. The Balaban J connectivity index is 1.55. The van der Waals surface area contributed by atoms with Crippen molar-refractivity contribution in [1.82, 2.24) is 4.90 Å². The molecule has 1 amide bonds. The molecule has 0 bridgehead atoms. The minimum atomic E-state index is -0.431. The average molecular weight is 267 g/mol. The predicted octanol–water partition coefficient (Wildman–Crippen LogP) is 1.11. The van der Waals surface area contributed by atoms with Crippen molar-refractivity contribution in [3.05, 3.63) is 0 Å². The minimum Gasteiger partial charge on any atom is -0.347 e. The molecule has 0 unspecified atom stereocenters. The number of hydrogen-bond donors (Lipinski definition) is 0. The van der Waals surface area contributed by atoms with Gasteiger partial charge < -0.3 is 14.4 Å². The lowest BCUT2D eigenvalue weighted by molar-refractivity contribution is -0.188. The second-order valence-corrected chi connectivity index (χ2v) is 5.76. The third kappa shape index (κ3) is 2.67. The van der Waals surface area contributed by atoms with Crippen molar-refractivity contribution in [2.24, 2.45) is 5.92 Å². The summed E-state index contributed by atoms with van der Waals surface area (Å²) in [6.07, 6.45) is 4.30. The van der Waals surface area contributed by atoms with Gasteiger partial charge in [-0.1, -0.05) is 0 Å². The number of ether oxygens (including phenoxy) is 2. The first-order chi connectivity index (χ1) is 9.19. The number of ketones is 1. The highest BCUT2D eigenvalue weighted by molar-refractivity contribution is 5.88. The summed E-state index contributed by atoms with van der Waals surface area (Å²) in [5, 5.41) is 0. The van der Waals surface area contributed by atoms with Gasteiger partial charge in [0.25, 0.3) is 0 Å². The second-order valence-electron chi connectivity index (χ2n) is 5.76. The molecule has 0 aromatic rings. The Kier molecular flexibility index (Phi) is 3.58. The van der Waals surface area contributed by atoms with E-state index in [1.54, 1.807) is 0 Å². The lowest BCUT2D eigenvalue weighted by Crippen LogP contribution is -2.49. The Morgan fingerprint density at radius 1 is 1.21 bits per heavy atom. The SMILES string of the molecule is O=C1CCC[C@@H](C(=O)N2CCC3(CC2)OCCO3)C1. The van der Waals surface area contributed by atoms with Gasteiger partial charge in [-0.3, -0.25) is 9.59 Å². The molecule has 106 valence electrons. The molecule has 0 aromatic heterocycles. The van der Waals surface area contributed by atoms with Gasteiger partial charge in [0.2, 0.25) is 5.91 Å². The normalized spacial score (nSPS) is 30.8. The second kappa shape index (κ2) is 5.21. The number of likely N-dealkylation sites (tertiary alicyclic amines) is 1. The van der Waals surface area contributed by atoms with Crippen LogP contribution in [0.4, 0.5) is 0 Å². The number of carbonyl (C=O) groups is 2. The van der Waals surface area contributed by atoms with Gasteiger partial charge in [-0.15, -0.1) is 0 Å². The lowest BCUT2D eigenvalue weighted by Gasteiger charge is -2.39. The van der Waals surface area contributed by atoms with E-state index in [0.29, 0.717) is 39.1 Å². The third-order valence-corrected chi connectivity index (χ3v) is 4.48. The number of hydrogen-bond acceptors (Lipinski definition) is 4. The Morgan fingerprint density at radius 2 is 1.89 bits per heavy atom. The number of nitrogens with zero attached hydrogens (tertiary/aromatic N) is 1. The van der Waals surface area contributed by atoms with Crippen molar-refractivity contribution in [1.29, 1.82) is 0 Å². The van der Waals surface area contributed by atoms with E-state index in [0.717, 1.165) is 25.7 Å². The quantitative estimate of drug-likeness (QED) is 0.714. The first-order valence-corrected chi connectivity index (χ1v) is 7.27. The molecular weight excluding hydrogens is 246 g/mol. The molecule has 2 aliphatic heterocycles. The first kappa shape index (κ1) is 13.1. The van der Waals surface area contributed by atoms with Crippen LogP contribution in [0.2, 0.25) is 0 Å². The highest BCUT2D eigenvalue weighted by atomic mass is 16.7. The van der Waals surface area contributed by atoms with Gasteiger partial charge in [0.1, 0.15) is 5.78 Å². The smallest absolute Gasteiger partial charge is 0.226 e. The van der Waals surface area contributed by atoms with E-state index >= 15 is 0 Å². The van der Waals surface area contributed by atoms with Crippen LogP contribution in [0.5, 0.6) is 0 Å². The van der Waals surface area contributed by atoms with Crippen LogP contribution in [0.3, 0.4) is 0 Å². The van der Waals surface area contributed by atoms with Crippen LogP contribution in [0.15, 0.2) is 0 Å². The summed E-state index contributed by atoms with van der Waals surface area (Å²) >= 11 is 0. The van der Waals surface area contributed by atoms with Crippen LogP contribution < -0.4 is 0 Å². The third-order valence-electron chi connectivity index (χ3n) is 4.48. The van der Waals surface area contributed by atoms with E-state index in [2.05, 4.69) is 0 Å². The van der Waals surface area contributed by atoms with E-state index < -0.39 is 5.79 Å². The summed E-state index contributed by atoms with van der Waals surface area (Å²) < 4.78 is 11.3. The maximum absolute atomic E-state index is 12.4. The fourth-order valence-electron chi connectivity index (χ4n) is 3.35. The summed E-state index contributed by atoms with van der Waals surface area (Å²) in [6.45, 7) is 2.68. The van der Waals surface area contributed by atoms with E-state index in [1.165, 1.54) is 0 Å². The Hall–Kier alpha value is -0.940. The van der Waals surface area contributed by atoms with E-state index in [1.807, 2.05) is 4.90 Å². The van der Waals surface area contributed by atoms with E-state index in [9.17, 15) is 9.59 Å². The zero-order chi connectivity index (χ0) is 13.3. The maximum Gasteiger partial charge on any atom is 0.226 e. The van der Waals surface area contributed by atoms with Crippen LogP contribution in [0, 0.1) is 5.92 Å². The summed E-state index contributed by atoms with van der Waals surface area (Å²) in [6, 6.07) is 0. The lowest BCUT2D eigenvalue weighted by atomic mass is 9.87. The molecule has 0 aromatic carbocycles. The van der Waals surface area contributed by atoms with Gasteiger partial charge in [-0.05, 0) is 12.8 Å². The van der Waals surface area contributed by atoms with Gasteiger partial charge in [0.15, 0.2) is 5.79 Å². The van der Waals surface area contributed by atoms with Crippen molar-refractivity contribution in [2.75, 3.05) is 26.3 Å². The van der Waals surface area contributed by atoms with Gasteiger partial charge >= 0.3 is 0 Å². The van der Waals surface area contributed by atoms with Gasteiger partial charge in [0, 0.05) is 44.7 Å². The first-order valence-electron chi connectivity index (χ1n) is 7.27. The number of piperidine rings is 1. The topological polar surface area (TPSA) is 55.8 Å². The number of carbonyl (C=O) groups excluding carboxylic acids is 2. The zero-order valence-corrected chi connectivity index (χ0v) is 11.2. The number of Topliss-reactive ketones (excluding diaryl/α,β-unsaturated/α-hetero) is 1. The van der Waals surface area contributed by atoms with Crippen molar-refractivity contribution in [2.45, 2.75) is 44.3 Å². The molecule has 1 atom stereocenters. The molecule has 5 nitrogen and oxygen atoms in total.